The van der Waals surface area contributed by atoms with E-state index in [0.29, 0.717) is 34.6 Å². The minimum Gasteiger partial charge on any atom is -0.354 e. The second kappa shape index (κ2) is 7.02. The molecule has 6 nitrogen and oxygen atoms in total. The number of carbonyl (C=O) groups excluding carboxylic acids is 3. The molecule has 0 radical (unpaired) electrons. The number of carbonyl (C=O) groups is 3. The smallest absolute Gasteiger partial charge is 0.272 e. The van der Waals surface area contributed by atoms with Crippen LogP contribution in [0.1, 0.15) is 65.7 Å². The van der Waals surface area contributed by atoms with Gasteiger partial charge in [0.1, 0.15) is 5.69 Å². The van der Waals surface area contributed by atoms with Gasteiger partial charge in [-0.3, -0.25) is 14.4 Å². The molecule has 3 rings (SSSR count). The molecule has 0 fully saturated rings. The normalized spacial score (nSPS) is 13.9. The average molecular weight is 367 g/mol. The maximum Gasteiger partial charge on any atom is 0.272 e. The van der Waals surface area contributed by atoms with Crippen LogP contribution in [0.5, 0.6) is 0 Å². The van der Waals surface area contributed by atoms with Gasteiger partial charge in [-0.15, -0.1) is 0 Å². The molecule has 2 amide bonds. The van der Waals surface area contributed by atoms with E-state index in [1.165, 1.54) is 0 Å². The number of aromatic nitrogens is 1. The molecule has 0 bridgehead atoms. The highest BCUT2D eigenvalue weighted by atomic mass is 16.2. The highest BCUT2D eigenvalue weighted by molar-refractivity contribution is 6.08. The zero-order chi connectivity index (χ0) is 19.8. The average Bonchev–Trinajstić information content (AvgIpc) is 2.92. The third-order valence-electron chi connectivity index (χ3n) is 4.72. The summed E-state index contributed by atoms with van der Waals surface area (Å²) in [5.74, 6) is -0.303. The Bertz CT molecular complexity index is 919. The summed E-state index contributed by atoms with van der Waals surface area (Å²) in [5.41, 5.74) is 3.31. The molecule has 3 N–H and O–H groups in total. The van der Waals surface area contributed by atoms with E-state index in [4.69, 9.17) is 0 Å². The van der Waals surface area contributed by atoms with E-state index in [9.17, 15) is 14.4 Å². The number of nitrogens with one attached hydrogen (secondary N) is 3. The Morgan fingerprint density at radius 3 is 2.37 bits per heavy atom. The van der Waals surface area contributed by atoms with E-state index in [0.717, 1.165) is 18.5 Å². The lowest BCUT2D eigenvalue weighted by Crippen LogP contribution is -2.27. The van der Waals surface area contributed by atoms with Gasteiger partial charge in [-0.25, -0.2) is 0 Å². The fourth-order valence-electron chi connectivity index (χ4n) is 3.19. The van der Waals surface area contributed by atoms with Crippen molar-refractivity contribution in [2.75, 3.05) is 10.6 Å². The van der Waals surface area contributed by atoms with E-state index >= 15 is 0 Å². The van der Waals surface area contributed by atoms with Crippen LogP contribution in [-0.4, -0.2) is 22.6 Å². The van der Waals surface area contributed by atoms with Crippen LogP contribution in [0.2, 0.25) is 0 Å². The number of benzene rings is 1. The minimum absolute atomic E-state index is 0.0935. The van der Waals surface area contributed by atoms with Crippen molar-refractivity contribution < 1.29 is 14.4 Å². The molecule has 0 unspecified atom stereocenters. The molecular weight excluding hydrogens is 342 g/mol. The summed E-state index contributed by atoms with van der Waals surface area (Å²) in [6.07, 6.45) is 2.12. The number of fused-ring (bicyclic) bond motifs is 1. The third-order valence-corrected chi connectivity index (χ3v) is 4.72. The Morgan fingerprint density at radius 2 is 1.74 bits per heavy atom. The van der Waals surface area contributed by atoms with Gasteiger partial charge in [0.05, 0.1) is 0 Å². The minimum atomic E-state index is -0.508. The Labute approximate surface area is 158 Å². The van der Waals surface area contributed by atoms with Gasteiger partial charge >= 0.3 is 0 Å². The topological polar surface area (TPSA) is 91.1 Å². The molecule has 0 saturated heterocycles. The third kappa shape index (κ3) is 3.94. The van der Waals surface area contributed by atoms with E-state index in [1.54, 1.807) is 31.2 Å². The first-order valence-corrected chi connectivity index (χ1v) is 9.14. The molecule has 1 heterocycles. The Hall–Kier alpha value is -2.89. The van der Waals surface area contributed by atoms with Crippen LogP contribution in [0, 0.1) is 12.3 Å². The van der Waals surface area contributed by atoms with Crippen LogP contribution in [-0.2, 0) is 11.2 Å². The summed E-state index contributed by atoms with van der Waals surface area (Å²) in [5, 5.41) is 5.69. The standard InChI is InChI=1S/C21H25N3O3/c1-12-17-15(9-6-10-16(17)25)24-18(12)19(26)22-13-7-5-8-14(11-13)23-20(27)21(2,3)4/h5,7-8,11,24H,6,9-10H2,1-4H3,(H,22,26)(H,23,27). The summed E-state index contributed by atoms with van der Waals surface area (Å²) >= 11 is 0. The number of ketones is 1. The largest absolute Gasteiger partial charge is 0.354 e. The number of anilines is 2. The molecule has 1 aliphatic carbocycles. The molecule has 0 aliphatic heterocycles. The Morgan fingerprint density at radius 1 is 1.07 bits per heavy atom. The quantitative estimate of drug-likeness (QED) is 0.763. The van der Waals surface area contributed by atoms with Gasteiger partial charge in [-0.1, -0.05) is 26.8 Å². The lowest BCUT2D eigenvalue weighted by molar-refractivity contribution is -0.123. The fourth-order valence-corrected chi connectivity index (χ4v) is 3.19. The van der Waals surface area contributed by atoms with Crippen molar-refractivity contribution in [2.24, 2.45) is 5.41 Å². The van der Waals surface area contributed by atoms with Crippen molar-refractivity contribution in [1.82, 2.24) is 4.98 Å². The highest BCUT2D eigenvalue weighted by Crippen LogP contribution is 2.27. The van der Waals surface area contributed by atoms with Crippen LogP contribution in [0.25, 0.3) is 0 Å². The zero-order valence-corrected chi connectivity index (χ0v) is 16.2. The van der Waals surface area contributed by atoms with Gasteiger partial charge < -0.3 is 15.6 Å². The number of hydrogen-bond donors (Lipinski definition) is 3. The molecule has 0 atom stereocenters. The maximum atomic E-state index is 12.7. The van der Waals surface area contributed by atoms with Crippen LogP contribution < -0.4 is 10.6 Å². The summed E-state index contributed by atoms with van der Waals surface area (Å²) in [4.78, 5) is 40.1. The molecule has 27 heavy (non-hydrogen) atoms. The SMILES string of the molecule is Cc1c(C(=O)Nc2cccc(NC(=O)C(C)(C)C)c2)[nH]c2c1C(=O)CCC2. The molecule has 2 aromatic rings. The van der Waals surface area contributed by atoms with Gasteiger partial charge in [-0.2, -0.15) is 0 Å². The summed E-state index contributed by atoms with van der Waals surface area (Å²) in [6.45, 7) is 7.31. The highest BCUT2D eigenvalue weighted by Gasteiger charge is 2.26. The van der Waals surface area contributed by atoms with Gasteiger partial charge in [0.2, 0.25) is 5.91 Å². The zero-order valence-electron chi connectivity index (χ0n) is 16.2. The van der Waals surface area contributed by atoms with Crippen LogP contribution in [0.3, 0.4) is 0 Å². The fraction of sp³-hybridized carbons (Fsp3) is 0.381. The summed E-state index contributed by atoms with van der Waals surface area (Å²) < 4.78 is 0. The second-order valence-electron chi connectivity index (χ2n) is 7.99. The van der Waals surface area contributed by atoms with E-state index in [2.05, 4.69) is 15.6 Å². The van der Waals surface area contributed by atoms with Gasteiger partial charge in [0, 0.05) is 34.5 Å². The molecule has 1 aromatic carbocycles. The second-order valence-corrected chi connectivity index (χ2v) is 7.99. The molecule has 1 aromatic heterocycles. The molecule has 142 valence electrons. The van der Waals surface area contributed by atoms with Crippen LogP contribution in [0.15, 0.2) is 24.3 Å². The summed E-state index contributed by atoms with van der Waals surface area (Å²) in [6, 6.07) is 7.01. The van der Waals surface area contributed by atoms with Gasteiger partial charge in [0.25, 0.3) is 5.91 Å². The number of aromatic amines is 1. The van der Waals surface area contributed by atoms with Gasteiger partial charge in [0.15, 0.2) is 5.78 Å². The molecule has 0 saturated carbocycles. The number of Topliss-reactive ketones (excluding diaryl/α,β-unsaturated/α-hetero) is 1. The van der Waals surface area contributed by atoms with E-state index < -0.39 is 5.41 Å². The van der Waals surface area contributed by atoms with Crippen LogP contribution >= 0.6 is 0 Å². The van der Waals surface area contributed by atoms with Crippen molar-refractivity contribution in [3.8, 4) is 0 Å². The van der Waals surface area contributed by atoms with E-state index in [1.807, 2.05) is 20.8 Å². The maximum absolute atomic E-state index is 12.7. The number of amides is 2. The number of aryl methyl sites for hydroxylation is 1. The number of H-pyrrole nitrogens is 1. The van der Waals surface area contributed by atoms with E-state index in [-0.39, 0.29) is 17.6 Å². The Kier molecular flexibility index (Phi) is 4.91. The Balaban J connectivity index is 1.78. The predicted octanol–water partition coefficient (Wildman–Crippen LogP) is 4.08. The number of hydrogen-bond acceptors (Lipinski definition) is 3. The molecular formula is C21H25N3O3. The summed E-state index contributed by atoms with van der Waals surface area (Å²) in [7, 11) is 0. The van der Waals surface area contributed by atoms with Crippen LogP contribution in [0.4, 0.5) is 11.4 Å². The lowest BCUT2D eigenvalue weighted by atomic mass is 9.94. The number of rotatable bonds is 3. The molecule has 0 spiro atoms. The first-order chi connectivity index (χ1) is 12.7. The van der Waals surface area contributed by atoms with Crippen molar-refractivity contribution in [2.45, 2.75) is 47.0 Å². The van der Waals surface area contributed by atoms with Crippen molar-refractivity contribution in [3.63, 3.8) is 0 Å². The molecule has 1 aliphatic rings. The monoisotopic (exact) mass is 367 g/mol. The molecule has 6 heteroatoms. The predicted molar refractivity (Wildman–Crippen MR) is 105 cm³/mol. The first kappa shape index (κ1) is 18.9. The van der Waals surface area contributed by atoms with Crippen molar-refractivity contribution in [1.29, 1.82) is 0 Å². The first-order valence-electron chi connectivity index (χ1n) is 9.14. The van der Waals surface area contributed by atoms with Crippen molar-refractivity contribution in [3.05, 3.63) is 46.8 Å². The van der Waals surface area contributed by atoms with Gasteiger partial charge in [-0.05, 0) is 43.5 Å². The van der Waals surface area contributed by atoms with Crippen molar-refractivity contribution >= 4 is 29.0 Å². The lowest BCUT2D eigenvalue weighted by Gasteiger charge is -2.18.